The maximum Gasteiger partial charge on any atom is 0.168 e. The summed E-state index contributed by atoms with van der Waals surface area (Å²) in [4.78, 5) is 3.65. The van der Waals surface area contributed by atoms with Crippen LogP contribution in [0, 0.1) is 17.0 Å². The molecule has 0 saturated carbocycles. The van der Waals surface area contributed by atoms with Crippen LogP contribution < -0.4 is 5.32 Å². The summed E-state index contributed by atoms with van der Waals surface area (Å²) in [5.74, 6) is -1.20. The molecule has 0 radical (unpaired) electrons. The maximum absolute atomic E-state index is 13.2. The van der Waals surface area contributed by atoms with Crippen LogP contribution in [-0.4, -0.2) is 11.5 Å². The van der Waals surface area contributed by atoms with E-state index >= 15 is 0 Å². The van der Waals surface area contributed by atoms with Gasteiger partial charge in [-0.15, -0.1) is 0 Å². The number of hydrogen-bond donors (Lipinski definition) is 1. The Labute approximate surface area is 88.7 Å². The van der Waals surface area contributed by atoms with E-state index in [0.29, 0.717) is 6.54 Å². The summed E-state index contributed by atoms with van der Waals surface area (Å²) in [5.41, 5.74) is 0.0719. The molecule has 0 atom stereocenters. The van der Waals surface area contributed by atoms with Gasteiger partial charge in [0.1, 0.15) is 5.82 Å². The Morgan fingerprint density at radius 2 is 2.07 bits per heavy atom. The van der Waals surface area contributed by atoms with Crippen LogP contribution in [0.5, 0.6) is 0 Å². The molecule has 1 aromatic heterocycles. The van der Waals surface area contributed by atoms with E-state index in [9.17, 15) is 8.78 Å². The molecule has 0 aliphatic rings. The van der Waals surface area contributed by atoms with E-state index in [1.54, 1.807) is 0 Å². The van der Waals surface area contributed by atoms with Crippen LogP contribution in [0.1, 0.15) is 27.2 Å². The lowest BCUT2D eigenvalue weighted by Crippen LogP contribution is -2.22. The lowest BCUT2D eigenvalue weighted by Gasteiger charge is -2.23. The minimum absolute atomic E-state index is 0.0719. The van der Waals surface area contributed by atoms with Crippen LogP contribution in [-0.2, 0) is 0 Å². The lowest BCUT2D eigenvalue weighted by atomic mass is 9.90. The van der Waals surface area contributed by atoms with Gasteiger partial charge in [-0.25, -0.2) is 13.8 Å². The van der Waals surface area contributed by atoms with Crippen LogP contribution in [0.25, 0.3) is 0 Å². The van der Waals surface area contributed by atoms with Gasteiger partial charge in [0, 0.05) is 12.6 Å². The Hall–Kier alpha value is -1.19. The smallest absolute Gasteiger partial charge is 0.168 e. The fourth-order valence-electron chi connectivity index (χ4n) is 0.993. The van der Waals surface area contributed by atoms with Gasteiger partial charge >= 0.3 is 0 Å². The van der Waals surface area contributed by atoms with Crippen molar-refractivity contribution in [2.24, 2.45) is 5.41 Å². The molecule has 1 N–H and O–H groups in total. The molecule has 0 aliphatic carbocycles. The summed E-state index contributed by atoms with van der Waals surface area (Å²) in [5, 5.41) is 2.88. The SMILES string of the molecule is CCC(C)(C)CNc1ncc(F)cc1F. The topological polar surface area (TPSA) is 24.9 Å². The first kappa shape index (κ1) is 11.9. The van der Waals surface area contributed by atoms with Crippen molar-refractivity contribution >= 4 is 5.82 Å². The maximum atomic E-state index is 13.2. The molecule has 1 aromatic rings. The molecule has 4 heteroatoms. The van der Waals surface area contributed by atoms with Crippen LogP contribution >= 0.6 is 0 Å². The second kappa shape index (κ2) is 4.55. The second-order valence-corrected chi connectivity index (χ2v) is 4.36. The third kappa shape index (κ3) is 3.46. The molecule has 0 aromatic carbocycles. The molecule has 0 unspecified atom stereocenters. The van der Waals surface area contributed by atoms with Gasteiger partial charge in [-0.3, -0.25) is 0 Å². The summed E-state index contributed by atoms with van der Waals surface area (Å²) in [6.45, 7) is 6.82. The zero-order valence-electron chi connectivity index (χ0n) is 9.27. The standard InChI is InChI=1S/C11H16F2N2/c1-4-11(2,3)7-15-10-9(13)5-8(12)6-14-10/h5-6H,4,7H2,1-3H3,(H,14,15). The number of rotatable bonds is 4. The van der Waals surface area contributed by atoms with E-state index in [0.717, 1.165) is 18.7 Å². The predicted octanol–water partition coefficient (Wildman–Crippen LogP) is 3.21. The van der Waals surface area contributed by atoms with Gasteiger partial charge in [-0.1, -0.05) is 20.8 Å². The first-order valence-corrected chi connectivity index (χ1v) is 4.99. The highest BCUT2D eigenvalue weighted by Crippen LogP contribution is 2.20. The number of anilines is 1. The van der Waals surface area contributed by atoms with Crippen molar-refractivity contribution in [2.45, 2.75) is 27.2 Å². The molecule has 0 bridgehead atoms. The first-order chi connectivity index (χ1) is 6.94. The minimum Gasteiger partial charge on any atom is -0.367 e. The van der Waals surface area contributed by atoms with Crippen molar-refractivity contribution in [3.8, 4) is 0 Å². The molecule has 0 saturated heterocycles. The van der Waals surface area contributed by atoms with Gasteiger partial charge < -0.3 is 5.32 Å². The summed E-state index contributed by atoms with van der Waals surface area (Å²) < 4.78 is 25.7. The summed E-state index contributed by atoms with van der Waals surface area (Å²) in [7, 11) is 0. The minimum atomic E-state index is -0.659. The Morgan fingerprint density at radius 3 is 2.60 bits per heavy atom. The zero-order valence-corrected chi connectivity index (χ0v) is 9.27. The van der Waals surface area contributed by atoms with Crippen molar-refractivity contribution < 1.29 is 8.78 Å². The van der Waals surface area contributed by atoms with Gasteiger partial charge in [-0.05, 0) is 11.8 Å². The largest absolute Gasteiger partial charge is 0.367 e. The average molecular weight is 214 g/mol. The normalized spacial score (nSPS) is 11.5. The highest BCUT2D eigenvalue weighted by atomic mass is 19.1. The van der Waals surface area contributed by atoms with Crippen molar-refractivity contribution in [3.63, 3.8) is 0 Å². The molecular formula is C11H16F2N2. The number of nitrogens with one attached hydrogen (secondary N) is 1. The van der Waals surface area contributed by atoms with Crippen molar-refractivity contribution in [3.05, 3.63) is 23.9 Å². The summed E-state index contributed by atoms with van der Waals surface area (Å²) >= 11 is 0. The summed E-state index contributed by atoms with van der Waals surface area (Å²) in [6, 6.07) is 0.828. The van der Waals surface area contributed by atoms with Gasteiger partial charge in [0.05, 0.1) is 6.20 Å². The highest BCUT2D eigenvalue weighted by molar-refractivity contribution is 5.35. The molecular weight excluding hydrogens is 198 g/mol. The van der Waals surface area contributed by atoms with E-state index in [2.05, 4.69) is 31.1 Å². The van der Waals surface area contributed by atoms with E-state index in [1.807, 2.05) is 0 Å². The Balaban J connectivity index is 2.66. The number of halogens is 2. The number of hydrogen-bond acceptors (Lipinski definition) is 2. The van der Waals surface area contributed by atoms with Crippen molar-refractivity contribution in [2.75, 3.05) is 11.9 Å². The molecule has 0 fully saturated rings. The number of nitrogens with zero attached hydrogens (tertiary/aromatic N) is 1. The van der Waals surface area contributed by atoms with Gasteiger partial charge in [0.25, 0.3) is 0 Å². The van der Waals surface area contributed by atoms with Crippen LogP contribution in [0.2, 0.25) is 0 Å². The third-order valence-electron chi connectivity index (χ3n) is 2.50. The van der Waals surface area contributed by atoms with Crippen molar-refractivity contribution in [1.29, 1.82) is 0 Å². The average Bonchev–Trinajstić information content (AvgIpc) is 2.16. The number of pyridine rings is 1. The second-order valence-electron chi connectivity index (χ2n) is 4.36. The van der Waals surface area contributed by atoms with Crippen molar-refractivity contribution in [1.82, 2.24) is 4.98 Å². The van der Waals surface area contributed by atoms with Crippen LogP contribution in [0.3, 0.4) is 0 Å². The van der Waals surface area contributed by atoms with E-state index < -0.39 is 11.6 Å². The molecule has 84 valence electrons. The van der Waals surface area contributed by atoms with Gasteiger partial charge in [0.15, 0.2) is 11.6 Å². The fraction of sp³-hybridized carbons (Fsp3) is 0.545. The monoisotopic (exact) mass is 214 g/mol. The van der Waals surface area contributed by atoms with Crippen LogP contribution in [0.15, 0.2) is 12.3 Å². The Bertz CT molecular complexity index is 337. The summed E-state index contributed by atoms with van der Waals surface area (Å²) in [6.07, 6.45) is 1.98. The highest BCUT2D eigenvalue weighted by Gasteiger charge is 2.15. The molecule has 15 heavy (non-hydrogen) atoms. The molecule has 0 spiro atoms. The predicted molar refractivity (Wildman–Crippen MR) is 56.7 cm³/mol. The quantitative estimate of drug-likeness (QED) is 0.832. The van der Waals surface area contributed by atoms with Gasteiger partial charge in [-0.2, -0.15) is 0 Å². The molecule has 0 aliphatic heterocycles. The zero-order chi connectivity index (χ0) is 11.5. The van der Waals surface area contributed by atoms with E-state index in [4.69, 9.17) is 0 Å². The van der Waals surface area contributed by atoms with Crippen LogP contribution in [0.4, 0.5) is 14.6 Å². The fourth-order valence-corrected chi connectivity index (χ4v) is 0.993. The Morgan fingerprint density at radius 1 is 1.40 bits per heavy atom. The first-order valence-electron chi connectivity index (χ1n) is 4.99. The van der Waals surface area contributed by atoms with E-state index in [1.165, 1.54) is 0 Å². The number of aromatic nitrogens is 1. The third-order valence-corrected chi connectivity index (χ3v) is 2.50. The molecule has 0 amide bonds. The van der Waals surface area contributed by atoms with Gasteiger partial charge in [0.2, 0.25) is 0 Å². The Kier molecular flexibility index (Phi) is 3.61. The molecule has 2 nitrogen and oxygen atoms in total. The van der Waals surface area contributed by atoms with E-state index in [-0.39, 0.29) is 11.2 Å². The lowest BCUT2D eigenvalue weighted by molar-refractivity contribution is 0.375. The molecule has 1 heterocycles. The molecule has 1 rings (SSSR count).